The molecule has 0 amide bonds. The number of hydrogen-bond acceptors (Lipinski definition) is 6. The van der Waals surface area contributed by atoms with Crippen LogP contribution in [-0.4, -0.2) is 44.9 Å². The third-order valence-corrected chi connectivity index (χ3v) is 5.16. The maximum atomic E-state index is 4.93. The Morgan fingerprint density at radius 3 is 2.89 bits per heavy atom. The fourth-order valence-electron chi connectivity index (χ4n) is 3.74. The Kier molecular flexibility index (Phi) is 5.34. The molecule has 0 saturated heterocycles. The first-order valence-corrected chi connectivity index (χ1v) is 9.85. The number of aromatic nitrogens is 5. The van der Waals surface area contributed by atoms with E-state index < -0.39 is 0 Å². The molecule has 3 aromatic rings. The van der Waals surface area contributed by atoms with Crippen LogP contribution in [0.4, 0.5) is 5.82 Å². The quantitative estimate of drug-likeness (QED) is 0.712. The van der Waals surface area contributed by atoms with Crippen molar-refractivity contribution < 1.29 is 0 Å². The molecule has 28 heavy (non-hydrogen) atoms. The second-order valence-electron chi connectivity index (χ2n) is 7.39. The number of hydrogen-bond donors (Lipinski definition) is 1. The standard InChI is InChI=1S/C21H27N7/c1-15-12-16(2)28(26-15)11-5-10-27(3)21-18-7-9-23-14-19(18)24-20(25-21)17-6-4-8-22-13-17/h4,6,8,12-13,23H,5,7,9-11,14H2,1-3H3. The number of rotatable bonds is 6. The highest BCUT2D eigenvalue weighted by atomic mass is 15.3. The van der Waals surface area contributed by atoms with E-state index in [9.17, 15) is 0 Å². The third-order valence-electron chi connectivity index (χ3n) is 5.16. The smallest absolute Gasteiger partial charge is 0.163 e. The van der Waals surface area contributed by atoms with Crippen LogP contribution in [0.3, 0.4) is 0 Å². The Morgan fingerprint density at radius 2 is 2.14 bits per heavy atom. The monoisotopic (exact) mass is 377 g/mol. The molecule has 0 radical (unpaired) electrons. The van der Waals surface area contributed by atoms with E-state index in [1.54, 1.807) is 6.20 Å². The van der Waals surface area contributed by atoms with Gasteiger partial charge in [-0.2, -0.15) is 5.10 Å². The van der Waals surface area contributed by atoms with E-state index in [1.807, 2.05) is 25.3 Å². The molecule has 1 aliphatic heterocycles. The maximum absolute atomic E-state index is 4.93. The fraction of sp³-hybridized carbons (Fsp3) is 0.429. The molecular weight excluding hydrogens is 350 g/mol. The van der Waals surface area contributed by atoms with Crippen LogP contribution < -0.4 is 10.2 Å². The minimum absolute atomic E-state index is 0.746. The summed E-state index contributed by atoms with van der Waals surface area (Å²) in [6.07, 6.45) is 5.57. The van der Waals surface area contributed by atoms with Gasteiger partial charge in [0.15, 0.2) is 5.82 Å². The summed E-state index contributed by atoms with van der Waals surface area (Å²) < 4.78 is 2.09. The minimum Gasteiger partial charge on any atom is -0.359 e. The molecule has 3 aromatic heterocycles. The lowest BCUT2D eigenvalue weighted by Crippen LogP contribution is -2.30. The Labute approximate surface area is 165 Å². The van der Waals surface area contributed by atoms with Crippen molar-refractivity contribution in [3.8, 4) is 11.4 Å². The van der Waals surface area contributed by atoms with Gasteiger partial charge in [-0.25, -0.2) is 9.97 Å². The van der Waals surface area contributed by atoms with Crippen LogP contribution in [0.25, 0.3) is 11.4 Å². The number of nitrogens with zero attached hydrogens (tertiary/aromatic N) is 6. The van der Waals surface area contributed by atoms with E-state index in [4.69, 9.17) is 9.97 Å². The summed E-state index contributed by atoms with van der Waals surface area (Å²) in [5.74, 6) is 1.79. The van der Waals surface area contributed by atoms with Crippen LogP contribution in [0.1, 0.15) is 29.1 Å². The van der Waals surface area contributed by atoms with Crippen molar-refractivity contribution in [3.05, 3.63) is 53.2 Å². The van der Waals surface area contributed by atoms with Gasteiger partial charge in [0.1, 0.15) is 5.82 Å². The zero-order valence-electron chi connectivity index (χ0n) is 16.8. The van der Waals surface area contributed by atoms with Gasteiger partial charge >= 0.3 is 0 Å². The van der Waals surface area contributed by atoms with Gasteiger partial charge in [-0.05, 0) is 51.4 Å². The average molecular weight is 377 g/mol. The molecule has 1 aliphatic rings. The van der Waals surface area contributed by atoms with Crippen molar-refractivity contribution in [2.24, 2.45) is 0 Å². The molecule has 1 N–H and O–H groups in total. The lowest BCUT2D eigenvalue weighted by Gasteiger charge is -2.26. The molecule has 7 nitrogen and oxygen atoms in total. The molecule has 4 rings (SSSR count). The van der Waals surface area contributed by atoms with Crippen LogP contribution in [0.5, 0.6) is 0 Å². The minimum atomic E-state index is 0.746. The summed E-state index contributed by atoms with van der Waals surface area (Å²) in [4.78, 5) is 16.2. The molecule has 0 bridgehead atoms. The van der Waals surface area contributed by atoms with Gasteiger partial charge in [0, 0.05) is 55.9 Å². The largest absolute Gasteiger partial charge is 0.359 e. The molecule has 0 atom stereocenters. The van der Waals surface area contributed by atoms with Crippen molar-refractivity contribution in [1.82, 2.24) is 30.0 Å². The second kappa shape index (κ2) is 8.06. The fourth-order valence-corrected chi connectivity index (χ4v) is 3.74. The predicted octanol–water partition coefficient (Wildman–Crippen LogP) is 2.52. The molecule has 0 unspecified atom stereocenters. The highest BCUT2D eigenvalue weighted by molar-refractivity contribution is 5.60. The normalized spacial score (nSPS) is 13.4. The van der Waals surface area contributed by atoms with Gasteiger partial charge in [0.2, 0.25) is 0 Å². The predicted molar refractivity (Wildman–Crippen MR) is 110 cm³/mol. The summed E-state index contributed by atoms with van der Waals surface area (Å²) >= 11 is 0. The molecular formula is C21H27N7. The zero-order valence-corrected chi connectivity index (χ0v) is 16.8. The average Bonchev–Trinajstić information content (AvgIpc) is 3.04. The van der Waals surface area contributed by atoms with E-state index in [0.717, 1.165) is 67.6 Å². The highest BCUT2D eigenvalue weighted by Crippen LogP contribution is 2.26. The van der Waals surface area contributed by atoms with Gasteiger partial charge in [-0.15, -0.1) is 0 Å². The molecule has 0 aromatic carbocycles. The van der Waals surface area contributed by atoms with E-state index in [-0.39, 0.29) is 0 Å². The lowest BCUT2D eigenvalue weighted by atomic mass is 10.1. The third kappa shape index (κ3) is 3.89. The first-order valence-electron chi connectivity index (χ1n) is 9.85. The summed E-state index contributed by atoms with van der Waals surface area (Å²) in [5.41, 5.74) is 5.60. The molecule has 0 fully saturated rings. The van der Waals surface area contributed by atoms with Gasteiger partial charge < -0.3 is 10.2 Å². The molecule has 0 saturated carbocycles. The van der Waals surface area contributed by atoms with E-state index in [2.05, 4.69) is 45.0 Å². The van der Waals surface area contributed by atoms with Crippen molar-refractivity contribution in [2.45, 2.75) is 39.8 Å². The Morgan fingerprint density at radius 1 is 1.25 bits per heavy atom. The molecule has 4 heterocycles. The van der Waals surface area contributed by atoms with Crippen molar-refractivity contribution in [3.63, 3.8) is 0 Å². The van der Waals surface area contributed by atoms with Crippen LogP contribution in [0, 0.1) is 13.8 Å². The number of fused-ring (bicyclic) bond motifs is 1. The van der Waals surface area contributed by atoms with E-state index >= 15 is 0 Å². The Hall–Kier alpha value is -2.80. The Balaban J connectivity index is 1.55. The van der Waals surface area contributed by atoms with Crippen molar-refractivity contribution in [2.75, 3.05) is 25.0 Å². The van der Waals surface area contributed by atoms with Gasteiger partial charge in [-0.1, -0.05) is 0 Å². The van der Waals surface area contributed by atoms with Gasteiger partial charge in [0.25, 0.3) is 0 Å². The summed E-state index contributed by atoms with van der Waals surface area (Å²) in [6.45, 7) is 7.73. The summed E-state index contributed by atoms with van der Waals surface area (Å²) in [6, 6.07) is 6.06. The lowest BCUT2D eigenvalue weighted by molar-refractivity contribution is 0.559. The molecule has 0 spiro atoms. The number of nitrogens with one attached hydrogen (secondary N) is 1. The Bertz CT molecular complexity index is 949. The van der Waals surface area contributed by atoms with E-state index in [1.165, 1.54) is 11.3 Å². The maximum Gasteiger partial charge on any atom is 0.163 e. The highest BCUT2D eigenvalue weighted by Gasteiger charge is 2.20. The van der Waals surface area contributed by atoms with Crippen LogP contribution in [0.2, 0.25) is 0 Å². The van der Waals surface area contributed by atoms with Crippen LogP contribution in [0.15, 0.2) is 30.6 Å². The second-order valence-corrected chi connectivity index (χ2v) is 7.39. The van der Waals surface area contributed by atoms with Crippen molar-refractivity contribution in [1.29, 1.82) is 0 Å². The molecule has 7 heteroatoms. The summed E-state index contributed by atoms with van der Waals surface area (Å²) in [7, 11) is 2.12. The molecule has 0 aliphatic carbocycles. The first kappa shape index (κ1) is 18.6. The van der Waals surface area contributed by atoms with E-state index in [0.29, 0.717) is 0 Å². The molecule has 146 valence electrons. The SMILES string of the molecule is Cc1cc(C)n(CCCN(C)c2nc(-c3cccnc3)nc3c2CCNC3)n1. The summed E-state index contributed by atoms with van der Waals surface area (Å²) in [5, 5.41) is 7.98. The van der Waals surface area contributed by atoms with Crippen LogP contribution >= 0.6 is 0 Å². The number of pyridine rings is 1. The topological polar surface area (TPSA) is 71.8 Å². The number of anilines is 1. The zero-order chi connectivity index (χ0) is 19.5. The van der Waals surface area contributed by atoms with Gasteiger partial charge in [0.05, 0.1) is 11.4 Å². The van der Waals surface area contributed by atoms with Gasteiger partial charge in [-0.3, -0.25) is 9.67 Å². The number of aryl methyl sites for hydroxylation is 3. The van der Waals surface area contributed by atoms with Crippen LogP contribution in [-0.2, 0) is 19.5 Å². The van der Waals surface area contributed by atoms with Crippen molar-refractivity contribution >= 4 is 5.82 Å². The first-order chi connectivity index (χ1) is 13.6.